The fraction of sp³-hybridized carbons (Fsp3) is 0.875. The van der Waals surface area contributed by atoms with Gasteiger partial charge in [-0.3, -0.25) is 9.59 Å². The van der Waals surface area contributed by atoms with Crippen LogP contribution in [0.25, 0.3) is 0 Å². The minimum absolute atomic E-state index is 0.112. The molecule has 2 atom stereocenters. The SMILES string of the molecule is CC1(C2CC2)NC(=O)C(C2CC2)N(CC2CCC2)C1=O. The van der Waals surface area contributed by atoms with Crippen molar-refractivity contribution in [2.24, 2.45) is 17.8 Å². The Bertz CT molecular complexity index is 451. The molecule has 1 saturated heterocycles. The predicted octanol–water partition coefficient (Wildman–Crippen LogP) is 1.69. The summed E-state index contributed by atoms with van der Waals surface area (Å²) in [4.78, 5) is 27.5. The van der Waals surface area contributed by atoms with E-state index in [1.807, 2.05) is 11.8 Å². The third kappa shape index (κ3) is 1.87. The molecule has 4 rings (SSSR count). The molecule has 0 aromatic rings. The van der Waals surface area contributed by atoms with E-state index in [0.29, 0.717) is 17.8 Å². The highest BCUT2D eigenvalue weighted by Crippen LogP contribution is 2.46. The van der Waals surface area contributed by atoms with E-state index in [2.05, 4.69) is 5.32 Å². The fourth-order valence-electron chi connectivity index (χ4n) is 3.92. The van der Waals surface area contributed by atoms with Crippen molar-refractivity contribution < 1.29 is 9.59 Å². The first-order valence-electron chi connectivity index (χ1n) is 8.22. The molecule has 2 amide bonds. The highest BCUT2D eigenvalue weighted by Gasteiger charge is 2.57. The van der Waals surface area contributed by atoms with Gasteiger partial charge in [-0.25, -0.2) is 0 Å². The quantitative estimate of drug-likeness (QED) is 0.849. The van der Waals surface area contributed by atoms with Crippen molar-refractivity contribution in [2.75, 3.05) is 6.54 Å². The minimum atomic E-state index is -0.619. The fourth-order valence-corrected chi connectivity index (χ4v) is 3.92. The molecule has 4 fully saturated rings. The van der Waals surface area contributed by atoms with Crippen molar-refractivity contribution in [2.45, 2.75) is 63.5 Å². The Balaban J connectivity index is 1.60. The molecule has 2 unspecified atom stereocenters. The Morgan fingerprint density at radius 1 is 1.15 bits per heavy atom. The van der Waals surface area contributed by atoms with Crippen LogP contribution in [0.4, 0.5) is 0 Å². The molecule has 0 bridgehead atoms. The first-order valence-corrected chi connectivity index (χ1v) is 8.22. The second-order valence-electron chi connectivity index (χ2n) is 7.50. The first-order chi connectivity index (χ1) is 9.59. The van der Waals surface area contributed by atoms with Crippen molar-refractivity contribution in [1.29, 1.82) is 0 Å². The lowest BCUT2D eigenvalue weighted by molar-refractivity contribution is -0.157. The van der Waals surface area contributed by atoms with Crippen LogP contribution in [0, 0.1) is 17.8 Å². The molecule has 0 aromatic heterocycles. The van der Waals surface area contributed by atoms with Crippen LogP contribution in [0.15, 0.2) is 0 Å². The number of piperazine rings is 1. The van der Waals surface area contributed by atoms with E-state index >= 15 is 0 Å². The predicted molar refractivity (Wildman–Crippen MR) is 74.8 cm³/mol. The number of rotatable bonds is 4. The molecule has 0 radical (unpaired) electrons. The molecule has 4 aliphatic rings. The van der Waals surface area contributed by atoms with Gasteiger partial charge in [0.2, 0.25) is 11.8 Å². The number of hydrogen-bond acceptors (Lipinski definition) is 2. The molecule has 1 aliphatic heterocycles. The molecule has 4 nitrogen and oxygen atoms in total. The van der Waals surface area contributed by atoms with Crippen LogP contribution in [-0.4, -0.2) is 34.8 Å². The summed E-state index contributed by atoms with van der Waals surface area (Å²) in [7, 11) is 0. The minimum Gasteiger partial charge on any atom is -0.340 e. The maximum absolute atomic E-state index is 13.0. The zero-order chi connectivity index (χ0) is 13.9. The van der Waals surface area contributed by atoms with E-state index in [1.165, 1.54) is 19.3 Å². The highest BCUT2D eigenvalue weighted by molar-refractivity contribution is 6.00. The summed E-state index contributed by atoms with van der Waals surface area (Å²) in [5.41, 5.74) is -0.619. The van der Waals surface area contributed by atoms with Gasteiger partial charge in [0.25, 0.3) is 0 Å². The van der Waals surface area contributed by atoms with Crippen LogP contribution in [0.3, 0.4) is 0 Å². The average Bonchev–Trinajstić information content (AvgIpc) is 3.21. The summed E-state index contributed by atoms with van der Waals surface area (Å²) in [6.45, 7) is 2.76. The standard InChI is InChI=1S/C16H24N2O2/c1-16(12-7-8-12)15(20)18(9-10-3-2-4-10)13(11-5-6-11)14(19)17-16/h10-13H,2-9H2,1H3,(H,17,19). The van der Waals surface area contributed by atoms with Gasteiger partial charge in [0.05, 0.1) is 0 Å². The summed E-state index contributed by atoms with van der Waals surface area (Å²) in [6, 6.07) is -0.171. The highest BCUT2D eigenvalue weighted by atomic mass is 16.2. The van der Waals surface area contributed by atoms with E-state index in [4.69, 9.17) is 0 Å². The Kier molecular flexibility index (Phi) is 2.67. The van der Waals surface area contributed by atoms with E-state index in [-0.39, 0.29) is 17.9 Å². The maximum atomic E-state index is 13.0. The van der Waals surface area contributed by atoms with Crippen molar-refractivity contribution in [3.8, 4) is 0 Å². The third-order valence-corrected chi connectivity index (χ3v) is 5.83. The number of amides is 2. The molecule has 0 spiro atoms. The molecule has 1 N–H and O–H groups in total. The van der Waals surface area contributed by atoms with Gasteiger partial charge < -0.3 is 10.2 Å². The average molecular weight is 276 g/mol. The summed E-state index contributed by atoms with van der Waals surface area (Å²) in [6.07, 6.45) is 8.10. The van der Waals surface area contributed by atoms with Crippen LogP contribution in [0.1, 0.15) is 51.9 Å². The van der Waals surface area contributed by atoms with Gasteiger partial charge in [-0.1, -0.05) is 6.42 Å². The number of nitrogens with one attached hydrogen (secondary N) is 1. The number of hydrogen-bond donors (Lipinski definition) is 1. The summed E-state index contributed by atoms with van der Waals surface area (Å²) in [5, 5.41) is 3.09. The molecule has 4 heteroatoms. The molecule has 0 aromatic carbocycles. The Morgan fingerprint density at radius 3 is 2.35 bits per heavy atom. The zero-order valence-corrected chi connectivity index (χ0v) is 12.2. The summed E-state index contributed by atoms with van der Waals surface area (Å²) < 4.78 is 0. The lowest BCUT2D eigenvalue weighted by Gasteiger charge is -2.47. The van der Waals surface area contributed by atoms with Crippen molar-refractivity contribution >= 4 is 11.8 Å². The summed E-state index contributed by atoms with van der Waals surface area (Å²) in [5.74, 6) is 1.73. The van der Waals surface area contributed by atoms with Crippen LogP contribution in [0.5, 0.6) is 0 Å². The van der Waals surface area contributed by atoms with E-state index < -0.39 is 5.54 Å². The first kappa shape index (κ1) is 12.7. The van der Waals surface area contributed by atoms with Gasteiger partial charge in [-0.05, 0) is 63.2 Å². The smallest absolute Gasteiger partial charge is 0.249 e. The number of nitrogens with zero attached hydrogens (tertiary/aromatic N) is 1. The van der Waals surface area contributed by atoms with E-state index in [0.717, 1.165) is 32.2 Å². The Hall–Kier alpha value is -1.06. The third-order valence-electron chi connectivity index (χ3n) is 5.83. The van der Waals surface area contributed by atoms with Gasteiger partial charge in [0.15, 0.2) is 0 Å². The molecular formula is C16H24N2O2. The number of carbonyl (C=O) groups excluding carboxylic acids is 2. The Morgan fingerprint density at radius 2 is 1.85 bits per heavy atom. The normalized spacial score (nSPS) is 38.6. The second kappa shape index (κ2) is 4.22. The van der Waals surface area contributed by atoms with Gasteiger partial charge >= 0.3 is 0 Å². The lowest BCUT2D eigenvalue weighted by Crippen LogP contribution is -2.71. The van der Waals surface area contributed by atoms with E-state index in [1.54, 1.807) is 0 Å². The van der Waals surface area contributed by atoms with Crippen molar-refractivity contribution in [1.82, 2.24) is 10.2 Å². The second-order valence-corrected chi connectivity index (χ2v) is 7.50. The van der Waals surface area contributed by atoms with Crippen molar-refractivity contribution in [3.63, 3.8) is 0 Å². The van der Waals surface area contributed by atoms with Crippen molar-refractivity contribution in [3.05, 3.63) is 0 Å². The molecule has 1 heterocycles. The van der Waals surface area contributed by atoms with Gasteiger partial charge in [0.1, 0.15) is 11.6 Å². The molecule has 3 saturated carbocycles. The van der Waals surface area contributed by atoms with Gasteiger partial charge in [-0.15, -0.1) is 0 Å². The largest absolute Gasteiger partial charge is 0.340 e. The van der Waals surface area contributed by atoms with Gasteiger partial charge in [-0.2, -0.15) is 0 Å². The molecule has 20 heavy (non-hydrogen) atoms. The molecular weight excluding hydrogens is 252 g/mol. The monoisotopic (exact) mass is 276 g/mol. The topological polar surface area (TPSA) is 49.4 Å². The lowest BCUT2D eigenvalue weighted by atomic mass is 9.82. The maximum Gasteiger partial charge on any atom is 0.249 e. The van der Waals surface area contributed by atoms with Crippen LogP contribution in [-0.2, 0) is 9.59 Å². The van der Waals surface area contributed by atoms with Crippen LogP contribution < -0.4 is 5.32 Å². The Labute approximate surface area is 120 Å². The van der Waals surface area contributed by atoms with Crippen LogP contribution in [0.2, 0.25) is 0 Å². The number of carbonyl (C=O) groups is 2. The summed E-state index contributed by atoms with van der Waals surface area (Å²) >= 11 is 0. The van der Waals surface area contributed by atoms with E-state index in [9.17, 15) is 9.59 Å². The van der Waals surface area contributed by atoms with Gasteiger partial charge in [0, 0.05) is 6.54 Å². The zero-order valence-electron chi connectivity index (χ0n) is 12.2. The molecule has 110 valence electrons. The van der Waals surface area contributed by atoms with Crippen LogP contribution >= 0.6 is 0 Å². The molecule has 3 aliphatic carbocycles.